The highest BCUT2D eigenvalue weighted by atomic mass is 32.2. The molecule has 0 spiro atoms. The Morgan fingerprint density at radius 2 is 1.74 bits per heavy atom. The largest absolute Gasteiger partial charge is 0.611 e. The van der Waals surface area contributed by atoms with E-state index in [-0.39, 0.29) is 24.4 Å². The Balaban J connectivity index is 2.19. The van der Waals surface area contributed by atoms with Crippen molar-refractivity contribution in [3.8, 4) is 10.6 Å². The summed E-state index contributed by atoms with van der Waals surface area (Å²) in [4.78, 5) is 4.02. The van der Waals surface area contributed by atoms with Crippen LogP contribution in [0.2, 0.25) is 0 Å². The minimum Gasteiger partial charge on any atom is -0.611 e. The third kappa shape index (κ3) is 4.06. The molecule has 1 unspecified atom stereocenters. The predicted octanol–water partition coefficient (Wildman–Crippen LogP) is 4.44. The summed E-state index contributed by atoms with van der Waals surface area (Å²) in [5.41, 5.74) is 0.391. The van der Waals surface area contributed by atoms with Crippen molar-refractivity contribution in [2.45, 2.75) is 33.2 Å². The fourth-order valence-corrected chi connectivity index (χ4v) is 6.99. The van der Waals surface area contributed by atoms with E-state index in [0.29, 0.717) is 5.56 Å². The number of benzene rings is 2. The van der Waals surface area contributed by atoms with Gasteiger partial charge in [-0.3, -0.25) is 0 Å². The van der Waals surface area contributed by atoms with Crippen LogP contribution in [0.25, 0.3) is 10.6 Å². The maximum Gasteiger partial charge on any atom is 0.246 e. The van der Waals surface area contributed by atoms with Crippen molar-refractivity contribution in [2.24, 2.45) is 0 Å². The third-order valence-corrected chi connectivity index (χ3v) is 8.64. The molecular weight excluding hydrogens is 412 g/mol. The number of hydrogen-bond acceptors (Lipinski definition) is 5. The molecule has 1 heterocycles. The summed E-state index contributed by atoms with van der Waals surface area (Å²) >= 11 is -0.669. The van der Waals surface area contributed by atoms with Crippen molar-refractivity contribution in [1.82, 2.24) is 4.98 Å². The van der Waals surface area contributed by atoms with Gasteiger partial charge in [-0.2, -0.15) is 0 Å². The van der Waals surface area contributed by atoms with E-state index >= 15 is 0 Å². The molecule has 1 atom stereocenters. The molecule has 0 N–H and O–H groups in total. The van der Waals surface area contributed by atoms with Gasteiger partial charge < -0.3 is 4.55 Å². The van der Waals surface area contributed by atoms with Crippen molar-refractivity contribution >= 4 is 32.3 Å². The van der Waals surface area contributed by atoms with Crippen LogP contribution in [0.15, 0.2) is 62.7 Å². The molecule has 2 aromatic carbocycles. The predicted molar refractivity (Wildman–Crippen MR) is 101 cm³/mol. The molecular formula is C18H15F2NO3S3. The highest BCUT2D eigenvalue weighted by Crippen LogP contribution is 2.38. The molecule has 0 aliphatic heterocycles. The van der Waals surface area contributed by atoms with Gasteiger partial charge in [0.1, 0.15) is 21.9 Å². The first-order valence-corrected chi connectivity index (χ1v) is 11.4. The molecule has 0 aliphatic carbocycles. The summed E-state index contributed by atoms with van der Waals surface area (Å²) in [7, 11) is -4.12. The van der Waals surface area contributed by atoms with E-state index in [9.17, 15) is 21.8 Å². The van der Waals surface area contributed by atoms with Crippen molar-refractivity contribution in [1.29, 1.82) is 0 Å². The molecule has 1 aromatic heterocycles. The van der Waals surface area contributed by atoms with Crippen molar-refractivity contribution in [2.75, 3.05) is 0 Å². The molecule has 142 valence electrons. The lowest BCUT2D eigenvalue weighted by molar-refractivity contribution is 0.577. The number of rotatable bonds is 5. The fourth-order valence-electron chi connectivity index (χ4n) is 2.27. The number of aromatic nitrogens is 1. The summed E-state index contributed by atoms with van der Waals surface area (Å²) < 4.78 is 65.5. The summed E-state index contributed by atoms with van der Waals surface area (Å²) in [5, 5.41) is -0.433. The van der Waals surface area contributed by atoms with Gasteiger partial charge >= 0.3 is 0 Å². The molecule has 0 radical (unpaired) electrons. The quantitative estimate of drug-likeness (QED) is 0.446. The molecule has 3 aromatic rings. The molecule has 0 fully saturated rings. The second-order valence-electron chi connectivity index (χ2n) is 5.93. The Morgan fingerprint density at radius 1 is 1.07 bits per heavy atom. The summed E-state index contributed by atoms with van der Waals surface area (Å²) in [6, 6.07) is 9.91. The minimum absolute atomic E-state index is 0.0913. The minimum atomic E-state index is -4.12. The Morgan fingerprint density at radius 3 is 2.33 bits per heavy atom. The van der Waals surface area contributed by atoms with E-state index in [2.05, 4.69) is 4.98 Å². The maximum atomic E-state index is 13.5. The van der Waals surface area contributed by atoms with Crippen LogP contribution in [0.3, 0.4) is 0 Å². The number of sulfone groups is 1. The molecule has 0 bridgehead atoms. The number of halogens is 2. The van der Waals surface area contributed by atoms with Crippen LogP contribution in [-0.2, 0) is 21.0 Å². The first-order chi connectivity index (χ1) is 12.7. The summed E-state index contributed by atoms with van der Waals surface area (Å²) in [6.45, 7) is 3.40. The second kappa shape index (κ2) is 7.67. The van der Waals surface area contributed by atoms with E-state index < -0.39 is 32.6 Å². The zero-order chi connectivity index (χ0) is 19.8. The molecule has 27 heavy (non-hydrogen) atoms. The molecule has 3 rings (SSSR count). The molecule has 0 saturated heterocycles. The van der Waals surface area contributed by atoms with Gasteiger partial charge in [-0.15, -0.1) is 0 Å². The van der Waals surface area contributed by atoms with Crippen molar-refractivity contribution in [3.05, 3.63) is 60.2 Å². The first-order valence-electron chi connectivity index (χ1n) is 7.88. The number of hydrogen-bond donors (Lipinski definition) is 0. The molecule has 4 nitrogen and oxygen atoms in total. The summed E-state index contributed by atoms with van der Waals surface area (Å²) in [5.74, 6) is -1.06. The van der Waals surface area contributed by atoms with Crippen LogP contribution in [0.5, 0.6) is 0 Å². The van der Waals surface area contributed by atoms with Gasteiger partial charge in [0.15, 0.2) is 0 Å². The van der Waals surface area contributed by atoms with Crippen LogP contribution >= 0.6 is 11.3 Å². The van der Waals surface area contributed by atoms with E-state index in [4.69, 9.17) is 0 Å². The Hall–Kier alpha value is -1.81. The van der Waals surface area contributed by atoms with E-state index in [1.54, 1.807) is 19.9 Å². The summed E-state index contributed by atoms with van der Waals surface area (Å²) in [6.07, 6.45) is 0. The Labute approximate surface area is 163 Å². The smallest absolute Gasteiger partial charge is 0.246 e. The standard InChI is InChI=1S/C18H15F2NO3S3/c1-11(2)26(22)18-17(27(23,24)15-8-6-13(19)7-9-15)21-16(25-18)12-4-3-5-14(20)10-12/h3-11H,1-2H3. The van der Waals surface area contributed by atoms with Gasteiger partial charge in [0, 0.05) is 16.7 Å². The lowest BCUT2D eigenvalue weighted by atomic mass is 10.2. The van der Waals surface area contributed by atoms with E-state index in [1.165, 1.54) is 18.2 Å². The van der Waals surface area contributed by atoms with E-state index in [0.717, 1.165) is 35.6 Å². The maximum absolute atomic E-state index is 13.5. The van der Waals surface area contributed by atoms with E-state index in [1.807, 2.05) is 0 Å². The molecule has 9 heteroatoms. The van der Waals surface area contributed by atoms with Crippen LogP contribution in [0.1, 0.15) is 13.8 Å². The fraction of sp³-hybridized carbons (Fsp3) is 0.167. The van der Waals surface area contributed by atoms with Crippen LogP contribution < -0.4 is 0 Å². The van der Waals surface area contributed by atoms with Crippen LogP contribution in [0, 0.1) is 11.6 Å². The lowest BCUT2D eigenvalue weighted by Gasteiger charge is -2.13. The van der Waals surface area contributed by atoms with Crippen molar-refractivity contribution < 1.29 is 21.8 Å². The Kier molecular flexibility index (Phi) is 5.66. The highest BCUT2D eigenvalue weighted by Gasteiger charge is 2.34. The Bertz CT molecular complexity index is 1060. The monoisotopic (exact) mass is 427 g/mol. The SMILES string of the molecule is CC(C)[S+]([O-])c1sc(-c2cccc(F)c2)nc1S(=O)(=O)c1ccc(F)cc1. The normalized spacial score (nSPS) is 13.1. The van der Waals surface area contributed by atoms with Crippen LogP contribution in [-0.4, -0.2) is 23.2 Å². The molecule has 0 saturated carbocycles. The van der Waals surface area contributed by atoms with Gasteiger partial charge in [0.2, 0.25) is 19.1 Å². The van der Waals surface area contributed by atoms with Gasteiger partial charge in [-0.1, -0.05) is 23.5 Å². The topological polar surface area (TPSA) is 70.1 Å². The average molecular weight is 428 g/mol. The lowest BCUT2D eigenvalue weighted by Crippen LogP contribution is -2.16. The molecule has 0 amide bonds. The van der Waals surface area contributed by atoms with Crippen LogP contribution in [0.4, 0.5) is 8.78 Å². The molecule has 0 aliphatic rings. The number of nitrogens with zero attached hydrogens (tertiary/aromatic N) is 1. The number of thiazole rings is 1. The van der Waals surface area contributed by atoms with Gasteiger partial charge in [0.05, 0.1) is 4.90 Å². The van der Waals surface area contributed by atoms with Gasteiger partial charge in [-0.25, -0.2) is 22.2 Å². The van der Waals surface area contributed by atoms with Crippen molar-refractivity contribution in [3.63, 3.8) is 0 Å². The zero-order valence-electron chi connectivity index (χ0n) is 14.3. The average Bonchev–Trinajstić information content (AvgIpc) is 3.07. The zero-order valence-corrected chi connectivity index (χ0v) is 16.8. The highest BCUT2D eigenvalue weighted by molar-refractivity contribution is 7.96. The second-order valence-corrected chi connectivity index (χ2v) is 11.0. The van der Waals surface area contributed by atoms with Gasteiger partial charge in [0.25, 0.3) is 0 Å². The first kappa shape index (κ1) is 19.9. The third-order valence-electron chi connectivity index (χ3n) is 3.63. The van der Waals surface area contributed by atoms with Gasteiger partial charge in [-0.05, 0) is 50.2 Å².